The number of rotatable bonds is 6. The molecular formula is C15H17FN2O3. The van der Waals surface area contributed by atoms with E-state index in [2.05, 4.69) is 10.2 Å². The van der Waals surface area contributed by atoms with Crippen molar-refractivity contribution >= 4 is 0 Å². The van der Waals surface area contributed by atoms with E-state index in [4.69, 9.17) is 4.74 Å². The van der Waals surface area contributed by atoms with Crippen LogP contribution in [0.5, 0.6) is 5.75 Å². The Morgan fingerprint density at radius 1 is 1.24 bits per heavy atom. The van der Waals surface area contributed by atoms with Gasteiger partial charge in [-0.2, -0.15) is 0 Å². The third kappa shape index (κ3) is 3.81. The van der Waals surface area contributed by atoms with Gasteiger partial charge in [0.1, 0.15) is 18.5 Å². The molecule has 0 saturated heterocycles. The van der Waals surface area contributed by atoms with Crippen LogP contribution >= 0.6 is 0 Å². The number of hydrogen-bond acceptors (Lipinski definition) is 3. The van der Waals surface area contributed by atoms with E-state index in [0.29, 0.717) is 24.2 Å². The molecule has 6 heteroatoms. The topological polar surface area (TPSA) is 75.0 Å². The van der Waals surface area contributed by atoms with Crippen molar-refractivity contribution in [2.24, 2.45) is 0 Å². The Balaban J connectivity index is 2.11. The molecule has 2 N–H and O–H groups in total. The predicted octanol–water partition coefficient (Wildman–Crippen LogP) is 1.78. The molecule has 1 heterocycles. The van der Waals surface area contributed by atoms with Crippen molar-refractivity contribution in [3.63, 3.8) is 0 Å². The maximum atomic E-state index is 12.6. The van der Waals surface area contributed by atoms with Crippen molar-refractivity contribution in [2.45, 2.75) is 25.9 Å². The number of nitrogens with one attached hydrogen (secondary N) is 2. The number of hydrogen-bond donors (Lipinski definition) is 2. The van der Waals surface area contributed by atoms with E-state index in [0.717, 1.165) is 5.56 Å². The van der Waals surface area contributed by atoms with Gasteiger partial charge in [-0.3, -0.25) is 14.7 Å². The summed E-state index contributed by atoms with van der Waals surface area (Å²) in [5, 5.41) is 4.76. The lowest BCUT2D eigenvalue weighted by Gasteiger charge is -2.14. The number of benzene rings is 1. The fourth-order valence-corrected chi connectivity index (χ4v) is 1.91. The lowest BCUT2D eigenvalue weighted by Crippen LogP contribution is -2.30. The van der Waals surface area contributed by atoms with Crippen molar-refractivity contribution in [2.75, 3.05) is 6.67 Å². The Bertz CT molecular complexity index is 687. The molecule has 1 aromatic carbocycles. The number of H-pyrrole nitrogens is 2. The second kappa shape index (κ2) is 6.88. The summed E-state index contributed by atoms with van der Waals surface area (Å²) in [5.41, 5.74) is 0.0492. The van der Waals surface area contributed by atoms with E-state index in [1.165, 1.54) is 6.20 Å². The molecule has 1 aromatic heterocycles. The van der Waals surface area contributed by atoms with E-state index in [-0.39, 0.29) is 0 Å². The summed E-state index contributed by atoms with van der Waals surface area (Å²) in [7, 11) is 0. The van der Waals surface area contributed by atoms with Crippen molar-refractivity contribution < 1.29 is 9.13 Å². The first-order chi connectivity index (χ1) is 10.1. The Labute approximate surface area is 120 Å². The van der Waals surface area contributed by atoms with Crippen LogP contribution in [0.15, 0.2) is 40.1 Å². The Morgan fingerprint density at radius 2 is 1.95 bits per heavy atom. The Hall–Kier alpha value is -2.37. The van der Waals surface area contributed by atoms with E-state index < -0.39 is 23.8 Å². The highest BCUT2D eigenvalue weighted by Gasteiger charge is 2.08. The minimum Gasteiger partial charge on any atom is -0.488 e. The molecule has 5 nitrogen and oxygen atoms in total. The van der Waals surface area contributed by atoms with Gasteiger partial charge in [0.15, 0.2) is 0 Å². The van der Waals surface area contributed by atoms with Gasteiger partial charge < -0.3 is 9.84 Å². The summed E-state index contributed by atoms with van der Waals surface area (Å²) in [6.45, 7) is 1.33. The first kappa shape index (κ1) is 15.0. The smallest absolute Gasteiger partial charge is 0.310 e. The fraction of sp³-hybridized carbons (Fsp3) is 0.333. The van der Waals surface area contributed by atoms with Gasteiger partial charge in [-0.15, -0.1) is 0 Å². The van der Waals surface area contributed by atoms with Crippen molar-refractivity contribution in [3.05, 3.63) is 62.2 Å². The Morgan fingerprint density at radius 3 is 2.57 bits per heavy atom. The van der Waals surface area contributed by atoms with Gasteiger partial charge in [0.25, 0.3) is 0 Å². The van der Waals surface area contributed by atoms with Crippen LogP contribution in [0, 0.1) is 0 Å². The highest BCUT2D eigenvalue weighted by Crippen LogP contribution is 2.16. The molecule has 0 aliphatic heterocycles. The van der Waals surface area contributed by atoms with E-state index in [1.54, 1.807) is 24.3 Å². The van der Waals surface area contributed by atoms with Gasteiger partial charge in [0.05, 0.1) is 0 Å². The van der Waals surface area contributed by atoms with Gasteiger partial charge in [-0.25, -0.2) is 4.39 Å². The molecular weight excluding hydrogens is 275 g/mol. The van der Waals surface area contributed by atoms with Crippen LogP contribution in [0.4, 0.5) is 4.39 Å². The molecule has 0 spiro atoms. The minimum absolute atomic E-state index is 0.347. The van der Waals surface area contributed by atoms with Gasteiger partial charge in [0.2, 0.25) is 5.43 Å². The zero-order valence-corrected chi connectivity index (χ0v) is 11.7. The van der Waals surface area contributed by atoms with E-state index >= 15 is 0 Å². The molecule has 2 aromatic rings. The molecule has 0 radical (unpaired) electrons. The largest absolute Gasteiger partial charge is 0.488 e. The quantitative estimate of drug-likeness (QED) is 0.797. The predicted molar refractivity (Wildman–Crippen MR) is 77.6 cm³/mol. The van der Waals surface area contributed by atoms with Crippen LogP contribution in [0.25, 0.3) is 0 Å². The standard InChI is InChI=1S/C15H17FN2O3/c1-2-12(8-16)21-13-5-3-10(4-6-13)7-11-9-17-18-15(20)14(11)19/h3-6,9,12H,2,7-8H2,1H3,(H,17,19)(H,18,20). The molecule has 0 bridgehead atoms. The zero-order chi connectivity index (χ0) is 15.2. The van der Waals surface area contributed by atoms with Gasteiger partial charge in [-0.05, 0) is 24.1 Å². The minimum atomic E-state index is -0.666. The summed E-state index contributed by atoms with van der Waals surface area (Å²) < 4.78 is 18.1. The summed E-state index contributed by atoms with van der Waals surface area (Å²) in [6.07, 6.45) is 1.98. The normalized spacial score (nSPS) is 12.1. The molecule has 0 aliphatic carbocycles. The van der Waals surface area contributed by atoms with Gasteiger partial charge in [0, 0.05) is 18.2 Å². The van der Waals surface area contributed by atoms with Crippen LogP contribution in [-0.4, -0.2) is 23.0 Å². The lowest BCUT2D eigenvalue weighted by molar-refractivity contribution is 0.160. The number of aromatic amines is 2. The maximum absolute atomic E-state index is 12.6. The number of ether oxygens (including phenoxy) is 1. The van der Waals surface area contributed by atoms with Gasteiger partial charge >= 0.3 is 5.56 Å². The summed E-state index contributed by atoms with van der Waals surface area (Å²) in [5.74, 6) is 0.586. The van der Waals surface area contributed by atoms with Crippen LogP contribution in [-0.2, 0) is 6.42 Å². The van der Waals surface area contributed by atoms with Crippen molar-refractivity contribution in [1.29, 1.82) is 0 Å². The summed E-state index contributed by atoms with van der Waals surface area (Å²) in [4.78, 5) is 22.8. The fourth-order valence-electron chi connectivity index (χ4n) is 1.91. The Kier molecular flexibility index (Phi) is 4.92. The number of aromatic nitrogens is 2. The first-order valence-corrected chi connectivity index (χ1v) is 6.74. The van der Waals surface area contributed by atoms with Crippen LogP contribution in [0.1, 0.15) is 24.5 Å². The molecule has 0 aliphatic rings. The monoisotopic (exact) mass is 292 g/mol. The average molecular weight is 292 g/mol. The highest BCUT2D eigenvalue weighted by atomic mass is 19.1. The molecule has 2 rings (SSSR count). The third-order valence-electron chi connectivity index (χ3n) is 3.18. The third-order valence-corrected chi connectivity index (χ3v) is 3.18. The maximum Gasteiger partial charge on any atom is 0.310 e. The second-order valence-corrected chi connectivity index (χ2v) is 4.72. The molecule has 0 fully saturated rings. The molecule has 0 amide bonds. The molecule has 112 valence electrons. The van der Waals surface area contributed by atoms with Gasteiger partial charge in [-0.1, -0.05) is 19.1 Å². The molecule has 1 atom stereocenters. The second-order valence-electron chi connectivity index (χ2n) is 4.72. The van der Waals surface area contributed by atoms with Crippen LogP contribution < -0.4 is 15.7 Å². The number of halogens is 1. The number of alkyl halides is 1. The first-order valence-electron chi connectivity index (χ1n) is 6.74. The van der Waals surface area contributed by atoms with Crippen molar-refractivity contribution in [3.8, 4) is 5.75 Å². The van der Waals surface area contributed by atoms with Crippen LogP contribution in [0.2, 0.25) is 0 Å². The lowest BCUT2D eigenvalue weighted by atomic mass is 10.1. The zero-order valence-electron chi connectivity index (χ0n) is 11.7. The molecule has 0 saturated carbocycles. The highest BCUT2D eigenvalue weighted by molar-refractivity contribution is 5.30. The summed E-state index contributed by atoms with van der Waals surface area (Å²) >= 11 is 0. The SMILES string of the molecule is CCC(CF)Oc1ccc(Cc2c[nH][nH]c(=O)c2=O)cc1. The molecule has 21 heavy (non-hydrogen) atoms. The summed E-state index contributed by atoms with van der Waals surface area (Å²) in [6, 6.07) is 7.05. The van der Waals surface area contributed by atoms with E-state index in [1.807, 2.05) is 6.92 Å². The van der Waals surface area contributed by atoms with Crippen molar-refractivity contribution in [1.82, 2.24) is 10.2 Å². The van der Waals surface area contributed by atoms with E-state index in [9.17, 15) is 14.0 Å². The molecule has 1 unspecified atom stereocenters. The van der Waals surface area contributed by atoms with Crippen LogP contribution in [0.3, 0.4) is 0 Å². The average Bonchev–Trinajstić information content (AvgIpc) is 2.51.